The van der Waals surface area contributed by atoms with Gasteiger partial charge in [-0.15, -0.1) is 11.6 Å². The molecule has 1 atom stereocenters. The average Bonchev–Trinajstić information content (AvgIpc) is 1.87. The maximum absolute atomic E-state index is 5.93. The molecule has 0 aliphatic rings. The Bertz CT molecular complexity index is 67.7. The van der Waals surface area contributed by atoms with Gasteiger partial charge in [0.2, 0.25) is 0 Å². The highest BCUT2D eigenvalue weighted by Crippen LogP contribution is 2.04. The van der Waals surface area contributed by atoms with E-state index in [-0.39, 0.29) is 5.50 Å². The number of rotatable bonds is 5. The number of alkyl halides is 1. The van der Waals surface area contributed by atoms with Gasteiger partial charge < -0.3 is 0 Å². The first-order chi connectivity index (χ1) is 4.72. The molecule has 0 amide bonds. The van der Waals surface area contributed by atoms with Crippen LogP contribution in [0.3, 0.4) is 0 Å². The molecule has 0 bridgehead atoms. The molecule has 0 heterocycles. The lowest BCUT2D eigenvalue weighted by molar-refractivity contribution is 0.263. The van der Waals surface area contributed by atoms with Crippen LogP contribution < -0.4 is 0 Å². The third kappa shape index (κ3) is 4.13. The van der Waals surface area contributed by atoms with E-state index in [4.69, 9.17) is 11.6 Å². The van der Waals surface area contributed by atoms with Gasteiger partial charge in [0.25, 0.3) is 0 Å². The molecule has 1 unspecified atom stereocenters. The largest absolute Gasteiger partial charge is 0.288 e. The van der Waals surface area contributed by atoms with E-state index in [1.165, 1.54) is 12.8 Å². The molecule has 0 rings (SSSR count). The zero-order valence-electron chi connectivity index (χ0n) is 7.23. The number of nitrogens with zero attached hydrogens (tertiary/aromatic N) is 1. The molecule has 0 saturated heterocycles. The van der Waals surface area contributed by atoms with Gasteiger partial charge in [-0.05, 0) is 32.9 Å². The molecule has 0 saturated carbocycles. The molecule has 0 N–H and O–H groups in total. The second-order valence-electron chi connectivity index (χ2n) is 2.61. The van der Waals surface area contributed by atoms with Gasteiger partial charge in [-0.3, -0.25) is 4.90 Å². The van der Waals surface area contributed by atoms with E-state index in [1.54, 1.807) is 0 Å². The van der Waals surface area contributed by atoms with Crippen molar-refractivity contribution in [2.24, 2.45) is 0 Å². The minimum Gasteiger partial charge on any atom is -0.288 e. The Morgan fingerprint density at radius 1 is 1.20 bits per heavy atom. The molecule has 0 fully saturated rings. The Morgan fingerprint density at radius 3 is 1.80 bits per heavy atom. The molecule has 10 heavy (non-hydrogen) atoms. The first kappa shape index (κ1) is 10.2. The molecule has 0 aromatic rings. The second-order valence-corrected chi connectivity index (χ2v) is 3.24. The van der Waals surface area contributed by atoms with Gasteiger partial charge in [0.1, 0.15) is 0 Å². The standard InChI is InChI=1S/C8H18ClN/c1-4-6-10(7-5-2)8(3)9/h8H,4-7H2,1-3H3. The maximum atomic E-state index is 5.93. The maximum Gasteiger partial charge on any atom is 0.0821 e. The summed E-state index contributed by atoms with van der Waals surface area (Å²) < 4.78 is 0. The minimum absolute atomic E-state index is 0.194. The fourth-order valence-corrected chi connectivity index (χ4v) is 1.24. The molecule has 0 aromatic heterocycles. The van der Waals surface area contributed by atoms with Crippen molar-refractivity contribution in [1.29, 1.82) is 0 Å². The normalized spacial score (nSPS) is 14.1. The Balaban J connectivity index is 3.50. The Kier molecular flexibility index (Phi) is 6.14. The topological polar surface area (TPSA) is 3.24 Å². The van der Waals surface area contributed by atoms with Crippen LogP contribution in [0.15, 0.2) is 0 Å². The van der Waals surface area contributed by atoms with Crippen molar-refractivity contribution in [3.05, 3.63) is 0 Å². The van der Waals surface area contributed by atoms with Crippen molar-refractivity contribution in [2.45, 2.75) is 39.1 Å². The van der Waals surface area contributed by atoms with Gasteiger partial charge in [0.05, 0.1) is 5.50 Å². The van der Waals surface area contributed by atoms with Crippen LogP contribution >= 0.6 is 11.6 Å². The van der Waals surface area contributed by atoms with Crippen LogP contribution in [0, 0.1) is 0 Å². The van der Waals surface area contributed by atoms with Gasteiger partial charge in [-0.1, -0.05) is 13.8 Å². The van der Waals surface area contributed by atoms with Crippen molar-refractivity contribution >= 4 is 11.6 Å². The third-order valence-electron chi connectivity index (χ3n) is 1.52. The molecular weight excluding hydrogens is 146 g/mol. The number of hydrogen-bond donors (Lipinski definition) is 0. The van der Waals surface area contributed by atoms with E-state index < -0.39 is 0 Å². The molecule has 0 spiro atoms. The molecule has 0 aliphatic carbocycles. The highest BCUT2D eigenvalue weighted by atomic mass is 35.5. The van der Waals surface area contributed by atoms with Crippen molar-refractivity contribution in [3.8, 4) is 0 Å². The van der Waals surface area contributed by atoms with E-state index in [0.29, 0.717) is 0 Å². The quantitative estimate of drug-likeness (QED) is 0.445. The summed E-state index contributed by atoms with van der Waals surface area (Å²) in [6.45, 7) is 8.65. The van der Waals surface area contributed by atoms with E-state index in [1.807, 2.05) is 6.92 Å². The molecular formula is C8H18ClN. The minimum atomic E-state index is 0.194. The van der Waals surface area contributed by atoms with Gasteiger partial charge >= 0.3 is 0 Å². The lowest BCUT2D eigenvalue weighted by Gasteiger charge is -2.23. The SMILES string of the molecule is CCCN(CCC)C(C)Cl. The Labute approximate surface area is 69.4 Å². The molecule has 0 aliphatic heterocycles. The van der Waals surface area contributed by atoms with E-state index in [0.717, 1.165) is 13.1 Å². The molecule has 62 valence electrons. The number of hydrogen-bond acceptors (Lipinski definition) is 1. The lowest BCUT2D eigenvalue weighted by atomic mass is 10.3. The number of halogens is 1. The highest BCUT2D eigenvalue weighted by molar-refractivity contribution is 6.20. The van der Waals surface area contributed by atoms with E-state index in [2.05, 4.69) is 18.7 Å². The van der Waals surface area contributed by atoms with Crippen LogP contribution in [0.5, 0.6) is 0 Å². The van der Waals surface area contributed by atoms with Crippen LogP contribution in [0.4, 0.5) is 0 Å². The van der Waals surface area contributed by atoms with Gasteiger partial charge in [0.15, 0.2) is 0 Å². The van der Waals surface area contributed by atoms with Crippen molar-refractivity contribution in [2.75, 3.05) is 13.1 Å². The van der Waals surface area contributed by atoms with E-state index in [9.17, 15) is 0 Å². The summed E-state index contributed by atoms with van der Waals surface area (Å²) in [7, 11) is 0. The summed E-state index contributed by atoms with van der Waals surface area (Å²) in [4.78, 5) is 2.29. The molecule has 0 radical (unpaired) electrons. The summed E-state index contributed by atoms with van der Waals surface area (Å²) in [6.07, 6.45) is 2.38. The van der Waals surface area contributed by atoms with Crippen LogP contribution in [-0.2, 0) is 0 Å². The van der Waals surface area contributed by atoms with Crippen molar-refractivity contribution < 1.29 is 0 Å². The predicted octanol–water partition coefficient (Wildman–Crippen LogP) is 2.69. The van der Waals surface area contributed by atoms with Crippen LogP contribution in [0.2, 0.25) is 0 Å². The summed E-state index contributed by atoms with van der Waals surface area (Å²) in [5, 5.41) is 0. The average molecular weight is 164 g/mol. The fourth-order valence-electron chi connectivity index (χ4n) is 1.04. The summed E-state index contributed by atoms with van der Waals surface area (Å²) in [5.74, 6) is 0. The van der Waals surface area contributed by atoms with Crippen molar-refractivity contribution in [3.63, 3.8) is 0 Å². The third-order valence-corrected chi connectivity index (χ3v) is 1.80. The summed E-state index contributed by atoms with van der Waals surface area (Å²) in [6, 6.07) is 0. The smallest absolute Gasteiger partial charge is 0.0821 e. The highest BCUT2D eigenvalue weighted by Gasteiger charge is 2.06. The first-order valence-electron chi connectivity index (χ1n) is 4.10. The van der Waals surface area contributed by atoms with Crippen LogP contribution in [-0.4, -0.2) is 23.5 Å². The van der Waals surface area contributed by atoms with Crippen molar-refractivity contribution in [1.82, 2.24) is 4.90 Å². The molecule has 1 nitrogen and oxygen atoms in total. The summed E-state index contributed by atoms with van der Waals surface area (Å²) >= 11 is 5.93. The zero-order valence-corrected chi connectivity index (χ0v) is 7.99. The van der Waals surface area contributed by atoms with Crippen LogP contribution in [0.25, 0.3) is 0 Å². The van der Waals surface area contributed by atoms with Crippen LogP contribution in [0.1, 0.15) is 33.6 Å². The fraction of sp³-hybridized carbons (Fsp3) is 1.00. The summed E-state index contributed by atoms with van der Waals surface area (Å²) in [5.41, 5.74) is 0.194. The Hall–Kier alpha value is 0.250. The van der Waals surface area contributed by atoms with Gasteiger partial charge in [-0.25, -0.2) is 0 Å². The molecule has 0 aromatic carbocycles. The second kappa shape index (κ2) is 5.99. The Morgan fingerprint density at radius 2 is 1.60 bits per heavy atom. The van der Waals surface area contributed by atoms with Gasteiger partial charge in [-0.2, -0.15) is 0 Å². The first-order valence-corrected chi connectivity index (χ1v) is 4.54. The lowest BCUT2D eigenvalue weighted by Crippen LogP contribution is -2.30. The predicted molar refractivity (Wildman–Crippen MR) is 47.5 cm³/mol. The van der Waals surface area contributed by atoms with Gasteiger partial charge in [0, 0.05) is 0 Å². The monoisotopic (exact) mass is 163 g/mol. The zero-order chi connectivity index (χ0) is 7.98. The molecule has 2 heteroatoms. The van der Waals surface area contributed by atoms with E-state index >= 15 is 0 Å².